The van der Waals surface area contributed by atoms with E-state index in [9.17, 15) is 4.79 Å². The molecular formula is C18H24BrN5O2. The van der Waals surface area contributed by atoms with Crippen molar-refractivity contribution in [2.24, 2.45) is 0 Å². The molecule has 3 heterocycles. The molecule has 0 spiro atoms. The molecule has 2 aromatic rings. The lowest BCUT2D eigenvalue weighted by Gasteiger charge is -2.41. The van der Waals surface area contributed by atoms with Crippen molar-refractivity contribution in [1.29, 1.82) is 0 Å². The molecule has 0 unspecified atom stereocenters. The Hall–Kier alpha value is -2.09. The Bertz CT molecular complexity index is 772. The Balaban J connectivity index is 1.80. The van der Waals surface area contributed by atoms with Crippen LogP contribution < -0.4 is 4.90 Å². The number of hydrogen-bond donors (Lipinski definition) is 0. The Labute approximate surface area is 162 Å². The van der Waals surface area contributed by atoms with Crippen LogP contribution >= 0.6 is 15.9 Å². The summed E-state index contributed by atoms with van der Waals surface area (Å²) in [5, 5.41) is 4.34. The summed E-state index contributed by atoms with van der Waals surface area (Å²) >= 11 is 3.49. The fourth-order valence-corrected chi connectivity index (χ4v) is 3.31. The second-order valence-corrected chi connectivity index (χ2v) is 8.33. The second-order valence-electron chi connectivity index (χ2n) is 7.42. The highest BCUT2D eigenvalue weighted by Crippen LogP contribution is 2.28. The number of rotatable bonds is 2. The molecule has 1 saturated heterocycles. The summed E-state index contributed by atoms with van der Waals surface area (Å²) in [6, 6.07) is 4.00. The molecule has 26 heavy (non-hydrogen) atoms. The van der Waals surface area contributed by atoms with Crippen LogP contribution in [0.1, 0.15) is 27.7 Å². The van der Waals surface area contributed by atoms with Crippen molar-refractivity contribution in [3.05, 3.63) is 35.2 Å². The molecule has 0 bridgehead atoms. The lowest BCUT2D eigenvalue weighted by atomic mass is 10.1. The molecule has 0 saturated carbocycles. The number of carbonyl (C=O) groups is 1. The molecule has 1 aliphatic heterocycles. The zero-order valence-electron chi connectivity index (χ0n) is 15.5. The van der Waals surface area contributed by atoms with Gasteiger partial charge in [-0.25, -0.2) is 14.5 Å². The van der Waals surface area contributed by atoms with Crippen LogP contribution in [-0.4, -0.2) is 57.0 Å². The van der Waals surface area contributed by atoms with Crippen LogP contribution in [0, 0.1) is 0 Å². The van der Waals surface area contributed by atoms with Crippen molar-refractivity contribution in [3.8, 4) is 5.69 Å². The fourth-order valence-electron chi connectivity index (χ4n) is 2.99. The number of anilines is 1. The molecule has 8 heteroatoms. The number of hydrogen-bond acceptors (Lipinski definition) is 5. The van der Waals surface area contributed by atoms with Crippen LogP contribution in [0.2, 0.25) is 0 Å². The Kier molecular flexibility index (Phi) is 5.22. The molecule has 0 N–H and O–H groups in total. The monoisotopic (exact) mass is 421 g/mol. The summed E-state index contributed by atoms with van der Waals surface area (Å²) in [5.41, 5.74) is 0.416. The molecule has 3 rings (SSSR count). The first-order valence-corrected chi connectivity index (χ1v) is 9.44. The van der Waals surface area contributed by atoms with Gasteiger partial charge in [0.2, 0.25) is 0 Å². The van der Waals surface area contributed by atoms with E-state index >= 15 is 0 Å². The first-order chi connectivity index (χ1) is 12.2. The topological polar surface area (TPSA) is 63.5 Å². The quantitative estimate of drug-likeness (QED) is 0.742. The van der Waals surface area contributed by atoms with Gasteiger partial charge >= 0.3 is 6.09 Å². The summed E-state index contributed by atoms with van der Waals surface area (Å²) in [7, 11) is 0. The van der Waals surface area contributed by atoms with E-state index in [1.807, 2.05) is 39.1 Å². The highest BCUT2D eigenvalue weighted by atomic mass is 79.9. The molecule has 2 aromatic heterocycles. The van der Waals surface area contributed by atoms with Gasteiger partial charge in [-0.2, -0.15) is 5.10 Å². The first-order valence-electron chi connectivity index (χ1n) is 8.65. The number of amides is 1. The highest BCUT2D eigenvalue weighted by molar-refractivity contribution is 9.10. The number of nitrogens with zero attached hydrogens (tertiary/aromatic N) is 5. The van der Waals surface area contributed by atoms with Crippen LogP contribution in [0.4, 0.5) is 10.6 Å². The van der Waals surface area contributed by atoms with E-state index in [0.717, 1.165) is 16.0 Å². The standard InChI is InChI=1S/C18H24BrN5O2/c1-13-12-22(17(25)26-18(2,3)4)8-9-23(13)16-15(10-14(19)11-20-16)24-7-5-6-21-24/h5-7,10-11,13H,8-9,12H2,1-4H3/t13-/m1/s1. The zero-order valence-corrected chi connectivity index (χ0v) is 17.1. The summed E-state index contributed by atoms with van der Waals surface area (Å²) < 4.78 is 8.20. The minimum Gasteiger partial charge on any atom is -0.444 e. The van der Waals surface area contributed by atoms with E-state index in [1.54, 1.807) is 22.0 Å². The van der Waals surface area contributed by atoms with Crippen LogP contribution in [0.15, 0.2) is 35.2 Å². The van der Waals surface area contributed by atoms with E-state index in [0.29, 0.717) is 19.6 Å². The van der Waals surface area contributed by atoms with E-state index in [1.165, 1.54) is 0 Å². The molecule has 7 nitrogen and oxygen atoms in total. The maximum absolute atomic E-state index is 12.4. The van der Waals surface area contributed by atoms with Crippen molar-refractivity contribution in [2.75, 3.05) is 24.5 Å². The third kappa shape index (κ3) is 4.17. The van der Waals surface area contributed by atoms with Crippen LogP contribution in [0.25, 0.3) is 5.69 Å². The average molecular weight is 422 g/mol. The first kappa shape index (κ1) is 18.7. The predicted octanol–water partition coefficient (Wildman–Crippen LogP) is 3.48. The maximum atomic E-state index is 12.4. The van der Waals surface area contributed by atoms with Crippen LogP contribution in [0.3, 0.4) is 0 Å². The second kappa shape index (κ2) is 7.26. The molecular weight excluding hydrogens is 398 g/mol. The predicted molar refractivity (Wildman–Crippen MR) is 104 cm³/mol. The number of piperazine rings is 1. The van der Waals surface area contributed by atoms with Crippen LogP contribution in [0.5, 0.6) is 0 Å². The maximum Gasteiger partial charge on any atom is 0.410 e. The molecule has 1 aliphatic rings. The highest BCUT2D eigenvalue weighted by Gasteiger charge is 2.31. The SMILES string of the molecule is C[C@@H]1CN(C(=O)OC(C)(C)C)CCN1c1ncc(Br)cc1-n1cccn1. The van der Waals surface area contributed by atoms with Gasteiger partial charge in [0.25, 0.3) is 0 Å². The fraction of sp³-hybridized carbons (Fsp3) is 0.500. The summed E-state index contributed by atoms with van der Waals surface area (Å²) in [6.45, 7) is 9.60. The van der Waals surface area contributed by atoms with Gasteiger partial charge in [-0.05, 0) is 55.8 Å². The minimum atomic E-state index is -0.488. The molecule has 1 fully saturated rings. The number of carbonyl (C=O) groups excluding carboxylic acids is 1. The van der Waals surface area contributed by atoms with Gasteiger partial charge in [0.15, 0.2) is 5.82 Å². The van der Waals surface area contributed by atoms with Crippen molar-refractivity contribution in [3.63, 3.8) is 0 Å². The molecule has 0 radical (unpaired) electrons. The third-order valence-corrected chi connectivity index (χ3v) is 4.55. The van der Waals surface area contributed by atoms with Crippen LogP contribution in [-0.2, 0) is 4.74 Å². The number of aromatic nitrogens is 3. The number of pyridine rings is 1. The van der Waals surface area contributed by atoms with E-state index in [-0.39, 0.29) is 12.1 Å². The van der Waals surface area contributed by atoms with E-state index in [4.69, 9.17) is 4.74 Å². The Morgan fingerprint density at radius 2 is 2.12 bits per heavy atom. The van der Waals surface area contributed by atoms with Gasteiger partial charge in [-0.15, -0.1) is 0 Å². The molecule has 0 aromatic carbocycles. The summed E-state index contributed by atoms with van der Waals surface area (Å²) in [4.78, 5) is 20.9. The summed E-state index contributed by atoms with van der Waals surface area (Å²) in [6.07, 6.45) is 5.17. The lowest BCUT2D eigenvalue weighted by Crippen LogP contribution is -2.55. The molecule has 0 aliphatic carbocycles. The van der Waals surface area contributed by atoms with Crippen molar-refractivity contribution < 1.29 is 9.53 Å². The smallest absolute Gasteiger partial charge is 0.410 e. The zero-order chi connectivity index (χ0) is 18.9. The van der Waals surface area contributed by atoms with Gasteiger partial charge in [0.1, 0.15) is 11.3 Å². The molecule has 140 valence electrons. The number of ether oxygens (including phenoxy) is 1. The Morgan fingerprint density at radius 3 is 2.73 bits per heavy atom. The lowest BCUT2D eigenvalue weighted by molar-refractivity contribution is 0.0218. The minimum absolute atomic E-state index is 0.110. The van der Waals surface area contributed by atoms with E-state index in [2.05, 4.69) is 37.8 Å². The van der Waals surface area contributed by atoms with Crippen molar-refractivity contribution >= 4 is 27.8 Å². The van der Waals surface area contributed by atoms with Gasteiger partial charge in [0.05, 0.1) is 0 Å². The van der Waals surface area contributed by atoms with Gasteiger partial charge < -0.3 is 14.5 Å². The van der Waals surface area contributed by atoms with Gasteiger partial charge in [-0.3, -0.25) is 0 Å². The van der Waals surface area contributed by atoms with Crippen molar-refractivity contribution in [2.45, 2.75) is 39.3 Å². The van der Waals surface area contributed by atoms with Crippen molar-refractivity contribution in [1.82, 2.24) is 19.7 Å². The summed E-state index contributed by atoms with van der Waals surface area (Å²) in [5.74, 6) is 0.855. The third-order valence-electron chi connectivity index (χ3n) is 4.12. The Morgan fingerprint density at radius 1 is 1.35 bits per heavy atom. The molecule has 1 amide bonds. The van der Waals surface area contributed by atoms with Gasteiger partial charge in [0, 0.05) is 48.7 Å². The van der Waals surface area contributed by atoms with Gasteiger partial charge in [-0.1, -0.05) is 0 Å². The average Bonchev–Trinajstić information content (AvgIpc) is 3.08. The molecule has 1 atom stereocenters. The largest absolute Gasteiger partial charge is 0.444 e. The normalized spacial score (nSPS) is 18.1. The number of halogens is 1. The van der Waals surface area contributed by atoms with E-state index < -0.39 is 5.60 Å².